The summed E-state index contributed by atoms with van der Waals surface area (Å²) in [5.41, 5.74) is 4.45. The van der Waals surface area contributed by atoms with E-state index in [0.29, 0.717) is 6.54 Å². The molecule has 20 heavy (non-hydrogen) atoms. The third kappa shape index (κ3) is 2.50. The molecule has 0 amide bonds. The molecular weight excluding hydrogens is 288 g/mol. The highest BCUT2D eigenvalue weighted by molar-refractivity contribution is 7.89. The van der Waals surface area contributed by atoms with Gasteiger partial charge in [0.15, 0.2) is 5.82 Å². The second kappa shape index (κ2) is 5.27. The third-order valence-electron chi connectivity index (χ3n) is 3.63. The van der Waals surface area contributed by atoms with Crippen LogP contribution in [-0.2, 0) is 10.0 Å². The van der Waals surface area contributed by atoms with Gasteiger partial charge in [-0.15, -0.1) is 0 Å². The van der Waals surface area contributed by atoms with Gasteiger partial charge >= 0.3 is 0 Å². The summed E-state index contributed by atoms with van der Waals surface area (Å²) in [7, 11) is -2.11. The first-order chi connectivity index (χ1) is 9.25. The molecule has 1 heterocycles. The van der Waals surface area contributed by atoms with Gasteiger partial charge in [-0.05, 0) is 26.1 Å². The molecule has 0 spiro atoms. The molecule has 0 radical (unpaired) electrons. The summed E-state index contributed by atoms with van der Waals surface area (Å²) < 4.78 is 53.1. The van der Waals surface area contributed by atoms with Crippen LogP contribution in [-0.4, -0.2) is 50.3 Å². The Morgan fingerprint density at radius 1 is 1.30 bits per heavy atom. The van der Waals surface area contributed by atoms with E-state index in [-0.39, 0.29) is 19.1 Å². The van der Waals surface area contributed by atoms with E-state index < -0.39 is 32.2 Å². The number of halogens is 2. The summed E-state index contributed by atoms with van der Waals surface area (Å²) in [4.78, 5) is 1.44. The van der Waals surface area contributed by atoms with Gasteiger partial charge in [-0.3, -0.25) is 0 Å². The van der Waals surface area contributed by atoms with E-state index in [2.05, 4.69) is 0 Å². The summed E-state index contributed by atoms with van der Waals surface area (Å²) in [5.74, 6) is -2.19. The van der Waals surface area contributed by atoms with Crippen LogP contribution in [0.2, 0.25) is 0 Å². The number of rotatable bonds is 2. The van der Waals surface area contributed by atoms with E-state index in [0.717, 1.165) is 12.1 Å². The molecule has 1 unspecified atom stereocenters. The predicted molar refractivity (Wildman–Crippen MR) is 71.6 cm³/mol. The van der Waals surface area contributed by atoms with Crippen LogP contribution >= 0.6 is 0 Å². The molecule has 1 atom stereocenters. The Bertz CT molecular complexity index is 621. The number of nitrogens with two attached hydrogens (primary N) is 1. The van der Waals surface area contributed by atoms with Crippen molar-refractivity contribution in [3.8, 4) is 0 Å². The van der Waals surface area contributed by atoms with E-state index in [1.54, 1.807) is 0 Å². The van der Waals surface area contributed by atoms with Gasteiger partial charge in [0, 0.05) is 25.7 Å². The highest BCUT2D eigenvalue weighted by Gasteiger charge is 2.33. The smallest absolute Gasteiger partial charge is 0.246 e. The average molecular weight is 305 g/mol. The van der Waals surface area contributed by atoms with Crippen molar-refractivity contribution in [1.82, 2.24) is 9.21 Å². The molecule has 1 saturated heterocycles. The number of piperazine rings is 1. The maximum atomic E-state index is 13.9. The number of nitrogens with zero attached hydrogens (tertiary/aromatic N) is 2. The van der Waals surface area contributed by atoms with Crippen LogP contribution in [0.25, 0.3) is 0 Å². The first kappa shape index (κ1) is 15.1. The van der Waals surface area contributed by atoms with Gasteiger partial charge in [-0.25, -0.2) is 17.2 Å². The molecule has 1 fully saturated rings. The van der Waals surface area contributed by atoms with Crippen molar-refractivity contribution < 1.29 is 17.2 Å². The van der Waals surface area contributed by atoms with Crippen molar-refractivity contribution in [2.75, 3.05) is 32.4 Å². The van der Waals surface area contributed by atoms with Gasteiger partial charge < -0.3 is 10.6 Å². The number of likely N-dealkylation sites (N-methyl/N-ethyl adjacent to an activating group) is 1. The van der Waals surface area contributed by atoms with Crippen molar-refractivity contribution >= 4 is 15.7 Å². The zero-order chi connectivity index (χ0) is 15.1. The molecule has 5 nitrogen and oxygen atoms in total. The molecule has 0 saturated carbocycles. The molecule has 2 N–H and O–H groups in total. The van der Waals surface area contributed by atoms with Gasteiger partial charge in [0.25, 0.3) is 0 Å². The normalized spacial score (nSPS) is 22.1. The van der Waals surface area contributed by atoms with Gasteiger partial charge in [-0.2, -0.15) is 4.31 Å². The van der Waals surface area contributed by atoms with Gasteiger partial charge in [0.05, 0.1) is 0 Å². The fraction of sp³-hybridized carbons (Fsp3) is 0.500. The number of sulfonamides is 1. The molecule has 1 aromatic rings. The minimum atomic E-state index is -4.00. The highest BCUT2D eigenvalue weighted by atomic mass is 32.2. The second-order valence-electron chi connectivity index (χ2n) is 4.97. The SMILES string of the molecule is CC1CN(S(=O)(=O)c2ccc(F)c(N)c2F)CCN1C. The Labute approximate surface area is 117 Å². The Balaban J connectivity index is 2.39. The minimum Gasteiger partial charge on any atom is -0.394 e. The molecular formula is C12H17F2N3O2S. The van der Waals surface area contributed by atoms with Crippen molar-refractivity contribution in [2.24, 2.45) is 0 Å². The molecule has 0 aliphatic carbocycles. The Morgan fingerprint density at radius 2 is 1.95 bits per heavy atom. The lowest BCUT2D eigenvalue weighted by molar-refractivity contribution is 0.159. The van der Waals surface area contributed by atoms with Gasteiger partial charge in [0.2, 0.25) is 10.0 Å². The fourth-order valence-electron chi connectivity index (χ4n) is 2.12. The quantitative estimate of drug-likeness (QED) is 0.824. The van der Waals surface area contributed by atoms with Crippen molar-refractivity contribution in [1.29, 1.82) is 0 Å². The summed E-state index contributed by atoms with van der Waals surface area (Å²) in [6, 6.07) is 1.81. The Morgan fingerprint density at radius 3 is 2.55 bits per heavy atom. The Kier molecular flexibility index (Phi) is 3.99. The molecule has 112 valence electrons. The Hall–Kier alpha value is -1.25. The van der Waals surface area contributed by atoms with Gasteiger partial charge in [0.1, 0.15) is 16.4 Å². The molecule has 2 rings (SSSR count). The standard InChI is InChI=1S/C12H17F2N3O2S/c1-8-7-17(6-5-16(8)2)20(18,19)10-4-3-9(13)12(15)11(10)14/h3-4,8H,5-7,15H2,1-2H3. The first-order valence-corrected chi connectivity index (χ1v) is 7.63. The van der Waals surface area contributed by atoms with E-state index in [9.17, 15) is 17.2 Å². The maximum Gasteiger partial charge on any atom is 0.246 e. The van der Waals surface area contributed by atoms with Crippen molar-refractivity contribution in [3.63, 3.8) is 0 Å². The summed E-state index contributed by atoms with van der Waals surface area (Å²) >= 11 is 0. The van der Waals surface area contributed by atoms with Crippen LogP contribution in [0, 0.1) is 11.6 Å². The third-order valence-corrected chi connectivity index (χ3v) is 5.51. The predicted octanol–water partition coefficient (Wildman–Crippen LogP) is 0.872. The second-order valence-corrected chi connectivity index (χ2v) is 6.87. The van der Waals surface area contributed by atoms with E-state index in [1.165, 1.54) is 4.31 Å². The van der Waals surface area contributed by atoms with Crippen LogP contribution in [0.15, 0.2) is 17.0 Å². The van der Waals surface area contributed by atoms with Crippen molar-refractivity contribution in [2.45, 2.75) is 17.9 Å². The summed E-state index contributed by atoms with van der Waals surface area (Å²) in [5, 5.41) is 0. The zero-order valence-electron chi connectivity index (χ0n) is 11.3. The number of benzene rings is 1. The molecule has 1 aromatic carbocycles. The number of anilines is 1. The van der Waals surface area contributed by atoms with Crippen LogP contribution in [0.1, 0.15) is 6.92 Å². The number of nitrogen functional groups attached to an aromatic ring is 1. The van der Waals surface area contributed by atoms with Gasteiger partial charge in [-0.1, -0.05) is 0 Å². The highest BCUT2D eigenvalue weighted by Crippen LogP contribution is 2.26. The maximum absolute atomic E-state index is 13.9. The monoisotopic (exact) mass is 305 g/mol. The lowest BCUT2D eigenvalue weighted by Gasteiger charge is -2.36. The van der Waals surface area contributed by atoms with E-state index >= 15 is 0 Å². The van der Waals surface area contributed by atoms with Crippen LogP contribution in [0.4, 0.5) is 14.5 Å². The van der Waals surface area contributed by atoms with Crippen molar-refractivity contribution in [3.05, 3.63) is 23.8 Å². The molecule has 1 aliphatic rings. The summed E-state index contributed by atoms with van der Waals surface area (Å²) in [6.45, 7) is 2.96. The van der Waals surface area contributed by atoms with Crippen LogP contribution in [0.5, 0.6) is 0 Å². The summed E-state index contributed by atoms with van der Waals surface area (Å²) in [6.07, 6.45) is 0. The first-order valence-electron chi connectivity index (χ1n) is 6.19. The lowest BCUT2D eigenvalue weighted by Crippen LogP contribution is -2.52. The number of hydrogen-bond donors (Lipinski definition) is 1. The molecule has 0 bridgehead atoms. The van der Waals surface area contributed by atoms with Crippen LogP contribution < -0.4 is 5.73 Å². The minimum absolute atomic E-state index is 0.0272. The molecule has 0 aromatic heterocycles. The molecule has 1 aliphatic heterocycles. The number of hydrogen-bond acceptors (Lipinski definition) is 4. The average Bonchev–Trinajstić information content (AvgIpc) is 2.38. The lowest BCUT2D eigenvalue weighted by atomic mass is 10.2. The topological polar surface area (TPSA) is 66.6 Å². The zero-order valence-corrected chi connectivity index (χ0v) is 12.1. The van der Waals surface area contributed by atoms with E-state index in [1.807, 2.05) is 18.9 Å². The molecule has 8 heteroatoms. The van der Waals surface area contributed by atoms with Crippen LogP contribution in [0.3, 0.4) is 0 Å². The van der Waals surface area contributed by atoms with E-state index in [4.69, 9.17) is 5.73 Å². The largest absolute Gasteiger partial charge is 0.394 e. The fourth-order valence-corrected chi connectivity index (χ4v) is 3.71.